The first-order valence-electron chi connectivity index (χ1n) is 4.82. The van der Waals surface area contributed by atoms with Crippen molar-refractivity contribution < 1.29 is 0 Å². The summed E-state index contributed by atoms with van der Waals surface area (Å²) in [6.07, 6.45) is 0. The summed E-state index contributed by atoms with van der Waals surface area (Å²) >= 11 is 2.08. The second-order valence-corrected chi connectivity index (χ2v) is 6.19. The summed E-state index contributed by atoms with van der Waals surface area (Å²) in [4.78, 5) is 0. The Morgan fingerprint density at radius 3 is 2.69 bits per heavy atom. The van der Waals surface area contributed by atoms with E-state index in [2.05, 4.69) is 49.7 Å². The zero-order chi connectivity index (χ0) is 9.64. The van der Waals surface area contributed by atoms with Crippen LogP contribution in [0.15, 0.2) is 12.4 Å². The second kappa shape index (κ2) is 2.84. The third kappa shape index (κ3) is 1.54. The van der Waals surface area contributed by atoms with Crippen LogP contribution in [-0.4, -0.2) is 23.1 Å². The topological polar surface area (TPSA) is 24.1 Å². The fourth-order valence-corrected chi connectivity index (χ4v) is 3.86. The van der Waals surface area contributed by atoms with Crippen molar-refractivity contribution in [2.45, 2.75) is 38.1 Å². The van der Waals surface area contributed by atoms with E-state index in [0.29, 0.717) is 22.7 Å². The molecule has 2 heterocycles. The summed E-state index contributed by atoms with van der Waals surface area (Å²) in [5.74, 6) is 2.21. The highest BCUT2D eigenvalue weighted by atomic mass is 32.2. The molecular weight excluding hydrogens is 180 g/mol. The minimum Gasteiger partial charge on any atom is -0.367 e. The first kappa shape index (κ1) is 9.25. The molecule has 0 aromatic carbocycles. The van der Waals surface area contributed by atoms with Gasteiger partial charge in [-0.15, -0.1) is 0 Å². The summed E-state index contributed by atoms with van der Waals surface area (Å²) in [5.41, 5.74) is 0.378. The van der Waals surface area contributed by atoms with E-state index in [1.165, 1.54) is 5.75 Å². The quantitative estimate of drug-likeness (QED) is 0.617. The van der Waals surface area contributed by atoms with Crippen LogP contribution in [0.1, 0.15) is 20.8 Å². The van der Waals surface area contributed by atoms with Gasteiger partial charge in [-0.05, 0) is 5.41 Å². The van der Waals surface area contributed by atoms with E-state index < -0.39 is 0 Å². The van der Waals surface area contributed by atoms with E-state index in [0.717, 1.165) is 5.82 Å². The summed E-state index contributed by atoms with van der Waals surface area (Å²) in [6.45, 7) is 10.9. The Bertz CT molecular complexity index is 232. The fraction of sp³-hybridized carbons (Fsp3) is 0.800. The van der Waals surface area contributed by atoms with Gasteiger partial charge in [0.1, 0.15) is 0 Å². The highest BCUT2D eigenvalue weighted by Gasteiger charge is 2.45. The molecule has 2 fully saturated rings. The summed E-state index contributed by atoms with van der Waals surface area (Å²) in [5, 5.41) is 7.54. The van der Waals surface area contributed by atoms with Gasteiger partial charge in [-0.3, -0.25) is 0 Å². The largest absolute Gasteiger partial charge is 0.367 e. The Kier molecular flexibility index (Phi) is 2.02. The van der Waals surface area contributed by atoms with Gasteiger partial charge in [-0.25, -0.2) is 0 Å². The van der Waals surface area contributed by atoms with Gasteiger partial charge in [0.25, 0.3) is 0 Å². The van der Waals surface area contributed by atoms with Crippen molar-refractivity contribution in [3.05, 3.63) is 12.4 Å². The smallest absolute Gasteiger partial charge is 0.0918 e. The predicted molar refractivity (Wildman–Crippen MR) is 58.7 cm³/mol. The van der Waals surface area contributed by atoms with E-state index in [9.17, 15) is 0 Å². The highest BCUT2D eigenvalue weighted by molar-refractivity contribution is 8.00. The molecule has 74 valence electrons. The second-order valence-electron chi connectivity index (χ2n) is 5.02. The van der Waals surface area contributed by atoms with Gasteiger partial charge in [0.15, 0.2) is 0 Å². The monoisotopic (exact) mass is 198 g/mol. The van der Waals surface area contributed by atoms with Crippen molar-refractivity contribution in [1.82, 2.24) is 10.6 Å². The van der Waals surface area contributed by atoms with Gasteiger partial charge in [-0.1, -0.05) is 27.4 Å². The lowest BCUT2D eigenvalue weighted by atomic mass is 9.86. The maximum atomic E-state index is 3.92. The Balaban J connectivity index is 2.13. The van der Waals surface area contributed by atoms with Crippen LogP contribution < -0.4 is 10.6 Å². The first-order valence-corrected chi connectivity index (χ1v) is 5.87. The van der Waals surface area contributed by atoms with E-state index in [4.69, 9.17) is 0 Å². The first-order chi connectivity index (χ1) is 5.98. The molecule has 3 heteroatoms. The molecule has 0 saturated carbocycles. The van der Waals surface area contributed by atoms with Crippen LogP contribution in [-0.2, 0) is 0 Å². The molecule has 0 amide bonds. The van der Waals surface area contributed by atoms with Gasteiger partial charge < -0.3 is 10.6 Å². The maximum Gasteiger partial charge on any atom is 0.0918 e. The standard InChI is InChI=1S/C10H18N2S/c1-6-11-7-5-13-9(8(7)12-6)10(2,3)4/h7-9,11-12H,1,5H2,2-4H3/t7-,8-,9?/m0/s1. The molecule has 0 bridgehead atoms. The van der Waals surface area contributed by atoms with Gasteiger partial charge in [0, 0.05) is 11.0 Å². The number of fused-ring (bicyclic) bond motifs is 1. The van der Waals surface area contributed by atoms with E-state index in [-0.39, 0.29) is 0 Å². The molecule has 1 unspecified atom stereocenters. The Labute approximate surface area is 84.5 Å². The van der Waals surface area contributed by atoms with Crippen molar-refractivity contribution in [1.29, 1.82) is 0 Å². The lowest BCUT2D eigenvalue weighted by Gasteiger charge is -2.30. The van der Waals surface area contributed by atoms with Crippen LogP contribution >= 0.6 is 11.8 Å². The molecular formula is C10H18N2S. The Hall–Kier alpha value is -0.310. The average Bonchev–Trinajstić information content (AvgIpc) is 2.41. The van der Waals surface area contributed by atoms with Crippen molar-refractivity contribution in [3.63, 3.8) is 0 Å². The van der Waals surface area contributed by atoms with Crippen LogP contribution in [0.25, 0.3) is 0 Å². The van der Waals surface area contributed by atoms with Crippen LogP contribution in [0.4, 0.5) is 0 Å². The Morgan fingerprint density at radius 2 is 2.08 bits per heavy atom. The molecule has 2 rings (SSSR count). The van der Waals surface area contributed by atoms with Crippen molar-refractivity contribution >= 4 is 11.8 Å². The molecule has 2 nitrogen and oxygen atoms in total. The van der Waals surface area contributed by atoms with Crippen LogP contribution in [0.2, 0.25) is 0 Å². The molecule has 2 saturated heterocycles. The van der Waals surface area contributed by atoms with E-state index in [1.54, 1.807) is 0 Å². The number of rotatable bonds is 0. The third-order valence-electron chi connectivity index (χ3n) is 2.77. The van der Waals surface area contributed by atoms with Crippen molar-refractivity contribution in [2.75, 3.05) is 5.75 Å². The van der Waals surface area contributed by atoms with Crippen LogP contribution in [0.3, 0.4) is 0 Å². The van der Waals surface area contributed by atoms with E-state index in [1.807, 2.05) is 0 Å². The van der Waals surface area contributed by atoms with Gasteiger partial charge >= 0.3 is 0 Å². The highest BCUT2D eigenvalue weighted by Crippen LogP contribution is 2.41. The number of thioether (sulfide) groups is 1. The number of hydrogen-bond donors (Lipinski definition) is 2. The molecule has 0 aliphatic carbocycles. The zero-order valence-corrected chi connectivity index (χ0v) is 9.37. The molecule has 13 heavy (non-hydrogen) atoms. The fourth-order valence-electron chi connectivity index (χ4n) is 2.19. The predicted octanol–water partition coefficient (Wildman–Crippen LogP) is 1.55. The molecule has 2 aliphatic rings. The van der Waals surface area contributed by atoms with E-state index >= 15 is 0 Å². The molecule has 2 aliphatic heterocycles. The van der Waals surface area contributed by atoms with Gasteiger partial charge in [0.05, 0.1) is 17.9 Å². The average molecular weight is 198 g/mol. The summed E-state index contributed by atoms with van der Waals surface area (Å²) < 4.78 is 0. The summed E-state index contributed by atoms with van der Waals surface area (Å²) in [7, 11) is 0. The zero-order valence-electron chi connectivity index (χ0n) is 8.55. The SMILES string of the molecule is C=C1N[C@H]2CSC(C(C)(C)C)[C@H]2N1. The van der Waals surface area contributed by atoms with Gasteiger partial charge in [-0.2, -0.15) is 11.8 Å². The normalized spacial score (nSPS) is 38.4. The van der Waals surface area contributed by atoms with Crippen molar-refractivity contribution in [2.24, 2.45) is 5.41 Å². The minimum absolute atomic E-state index is 0.378. The Morgan fingerprint density at radius 1 is 1.38 bits per heavy atom. The number of nitrogens with one attached hydrogen (secondary N) is 2. The van der Waals surface area contributed by atoms with Crippen LogP contribution in [0, 0.1) is 5.41 Å². The minimum atomic E-state index is 0.378. The lowest BCUT2D eigenvalue weighted by molar-refractivity contribution is 0.342. The van der Waals surface area contributed by atoms with Crippen LogP contribution in [0.5, 0.6) is 0 Å². The molecule has 0 aromatic rings. The molecule has 0 aromatic heterocycles. The van der Waals surface area contributed by atoms with Gasteiger partial charge in [0.2, 0.25) is 0 Å². The third-order valence-corrected chi connectivity index (χ3v) is 4.68. The molecule has 2 N–H and O–H groups in total. The molecule has 3 atom stereocenters. The molecule has 0 spiro atoms. The molecule has 0 radical (unpaired) electrons. The lowest BCUT2D eigenvalue weighted by Crippen LogP contribution is -2.42. The maximum absolute atomic E-state index is 3.92. The van der Waals surface area contributed by atoms with Crippen molar-refractivity contribution in [3.8, 4) is 0 Å². The number of hydrogen-bond acceptors (Lipinski definition) is 3. The summed E-state index contributed by atoms with van der Waals surface area (Å²) in [6, 6.07) is 1.18.